The molecule has 0 bridgehead atoms. The number of hydrogen-bond donors (Lipinski definition) is 0. The van der Waals surface area contributed by atoms with Gasteiger partial charge in [0.2, 0.25) is 5.91 Å². The molecule has 0 aromatic carbocycles. The van der Waals surface area contributed by atoms with Gasteiger partial charge in [0, 0.05) is 22.7 Å². The minimum Gasteiger partial charge on any atom is -0.338 e. The second-order valence-corrected chi connectivity index (χ2v) is 6.13. The lowest BCUT2D eigenvalue weighted by atomic mass is 10.2. The number of aryl methyl sites for hydroxylation is 1. The Kier molecular flexibility index (Phi) is 4.96. The van der Waals surface area contributed by atoms with Crippen LogP contribution in [0.2, 0.25) is 0 Å². The van der Waals surface area contributed by atoms with E-state index in [2.05, 4.69) is 22.9 Å². The van der Waals surface area contributed by atoms with Gasteiger partial charge in [-0.15, -0.1) is 22.7 Å². The predicted octanol–water partition coefficient (Wildman–Crippen LogP) is 3.79. The molecule has 0 aliphatic rings. The van der Waals surface area contributed by atoms with Gasteiger partial charge in [-0.25, -0.2) is 0 Å². The monoisotopic (exact) mass is 279 g/mol. The lowest BCUT2D eigenvalue weighted by Crippen LogP contribution is -2.30. The van der Waals surface area contributed by atoms with Gasteiger partial charge in [0.05, 0.1) is 6.54 Å². The highest BCUT2D eigenvalue weighted by molar-refractivity contribution is 7.10. The van der Waals surface area contributed by atoms with Gasteiger partial charge in [-0.3, -0.25) is 4.79 Å². The smallest absolute Gasteiger partial charge is 0.223 e. The summed E-state index contributed by atoms with van der Waals surface area (Å²) in [6.07, 6.45) is 1.47. The van der Waals surface area contributed by atoms with Gasteiger partial charge in [-0.2, -0.15) is 0 Å². The number of amides is 1. The fourth-order valence-electron chi connectivity index (χ4n) is 1.81. The Labute approximate surface area is 116 Å². The maximum absolute atomic E-state index is 12.1. The second-order valence-electron chi connectivity index (χ2n) is 4.07. The van der Waals surface area contributed by atoms with Crippen LogP contribution in [0.15, 0.2) is 35.0 Å². The Balaban J connectivity index is 1.85. The Hall–Kier alpha value is -1.13. The number of rotatable bonds is 6. The largest absolute Gasteiger partial charge is 0.338 e. The number of hydrogen-bond acceptors (Lipinski definition) is 3. The molecule has 2 rings (SSSR count). The maximum atomic E-state index is 12.1. The fourth-order valence-corrected chi connectivity index (χ4v) is 3.24. The van der Waals surface area contributed by atoms with Crippen molar-refractivity contribution in [2.45, 2.75) is 26.3 Å². The number of carbonyl (C=O) groups is 1. The van der Waals surface area contributed by atoms with Gasteiger partial charge < -0.3 is 4.90 Å². The zero-order chi connectivity index (χ0) is 12.8. The van der Waals surface area contributed by atoms with Crippen LogP contribution in [0.3, 0.4) is 0 Å². The summed E-state index contributed by atoms with van der Waals surface area (Å²) in [5, 5.41) is 4.11. The normalized spacial score (nSPS) is 10.5. The molecule has 0 saturated carbocycles. The summed E-state index contributed by atoms with van der Waals surface area (Å²) >= 11 is 3.43. The molecule has 1 amide bonds. The van der Waals surface area contributed by atoms with E-state index < -0.39 is 0 Å². The molecule has 2 nitrogen and oxygen atoms in total. The van der Waals surface area contributed by atoms with Crippen molar-refractivity contribution in [3.8, 4) is 0 Å². The summed E-state index contributed by atoms with van der Waals surface area (Å²) in [5.41, 5.74) is 0. The summed E-state index contributed by atoms with van der Waals surface area (Å²) in [5.74, 6) is 0.249. The summed E-state index contributed by atoms with van der Waals surface area (Å²) in [7, 11) is 0. The van der Waals surface area contributed by atoms with Crippen LogP contribution in [0, 0.1) is 0 Å². The molecule has 2 heterocycles. The average Bonchev–Trinajstić information content (AvgIpc) is 3.06. The SMILES string of the molecule is CCN(Cc1cccs1)C(=O)CCc1cccs1. The van der Waals surface area contributed by atoms with Crippen LogP contribution in [-0.4, -0.2) is 17.4 Å². The fraction of sp³-hybridized carbons (Fsp3) is 0.357. The zero-order valence-corrected chi connectivity index (χ0v) is 12.1. The highest BCUT2D eigenvalue weighted by Gasteiger charge is 2.12. The summed E-state index contributed by atoms with van der Waals surface area (Å²) in [6, 6.07) is 8.24. The lowest BCUT2D eigenvalue weighted by molar-refractivity contribution is -0.131. The van der Waals surface area contributed by atoms with Crippen molar-refractivity contribution in [2.75, 3.05) is 6.54 Å². The predicted molar refractivity (Wildman–Crippen MR) is 78.1 cm³/mol. The third-order valence-corrected chi connectivity index (χ3v) is 4.62. The molecule has 2 aromatic rings. The molecular formula is C14H17NOS2. The second kappa shape index (κ2) is 6.71. The average molecular weight is 279 g/mol. The first-order valence-electron chi connectivity index (χ1n) is 6.12. The Morgan fingerprint density at radius 3 is 2.39 bits per heavy atom. The number of thiophene rings is 2. The quantitative estimate of drug-likeness (QED) is 0.788. The lowest BCUT2D eigenvalue weighted by Gasteiger charge is -2.20. The minimum absolute atomic E-state index is 0.249. The molecule has 0 fully saturated rings. The maximum Gasteiger partial charge on any atom is 0.223 e. The van der Waals surface area contributed by atoms with Gasteiger partial charge in [0.25, 0.3) is 0 Å². The molecule has 0 radical (unpaired) electrons. The Morgan fingerprint density at radius 1 is 1.17 bits per heavy atom. The van der Waals surface area contributed by atoms with E-state index in [1.165, 1.54) is 9.75 Å². The minimum atomic E-state index is 0.249. The van der Waals surface area contributed by atoms with Crippen molar-refractivity contribution in [1.29, 1.82) is 0 Å². The van der Waals surface area contributed by atoms with E-state index >= 15 is 0 Å². The Bertz CT molecular complexity index is 462. The van der Waals surface area contributed by atoms with Crippen LogP contribution >= 0.6 is 22.7 Å². The molecular weight excluding hydrogens is 262 g/mol. The van der Waals surface area contributed by atoms with Crippen LogP contribution in [-0.2, 0) is 17.8 Å². The third kappa shape index (κ3) is 3.68. The standard InChI is InChI=1S/C14H17NOS2/c1-2-15(11-13-6-4-10-18-13)14(16)8-7-12-5-3-9-17-12/h3-6,9-10H,2,7-8,11H2,1H3. The molecule has 0 unspecified atom stereocenters. The molecule has 4 heteroatoms. The van der Waals surface area contributed by atoms with Gasteiger partial charge in [0.1, 0.15) is 0 Å². The van der Waals surface area contributed by atoms with Crippen LogP contribution < -0.4 is 0 Å². The van der Waals surface area contributed by atoms with E-state index in [0.717, 1.165) is 19.5 Å². The van der Waals surface area contributed by atoms with Gasteiger partial charge >= 0.3 is 0 Å². The van der Waals surface area contributed by atoms with E-state index in [-0.39, 0.29) is 5.91 Å². The van der Waals surface area contributed by atoms with E-state index in [0.29, 0.717) is 6.42 Å². The third-order valence-electron chi connectivity index (χ3n) is 2.83. The molecule has 0 spiro atoms. The number of carbonyl (C=O) groups excluding carboxylic acids is 1. The van der Waals surface area contributed by atoms with Crippen molar-refractivity contribution in [3.63, 3.8) is 0 Å². The highest BCUT2D eigenvalue weighted by atomic mass is 32.1. The summed E-state index contributed by atoms with van der Waals surface area (Å²) in [4.78, 5) is 16.6. The zero-order valence-electron chi connectivity index (χ0n) is 10.5. The molecule has 0 aliphatic carbocycles. The molecule has 18 heavy (non-hydrogen) atoms. The van der Waals surface area contributed by atoms with Gasteiger partial charge in [0.15, 0.2) is 0 Å². The summed E-state index contributed by atoms with van der Waals surface area (Å²) in [6.45, 7) is 3.56. The first kappa shape index (κ1) is 13.3. The molecule has 0 saturated heterocycles. The molecule has 0 aliphatic heterocycles. The first-order valence-corrected chi connectivity index (χ1v) is 7.88. The molecule has 0 atom stereocenters. The van der Waals surface area contributed by atoms with E-state index in [9.17, 15) is 4.79 Å². The van der Waals surface area contributed by atoms with Crippen molar-refractivity contribution >= 4 is 28.6 Å². The first-order chi connectivity index (χ1) is 8.79. The highest BCUT2D eigenvalue weighted by Crippen LogP contribution is 2.15. The molecule has 2 aromatic heterocycles. The topological polar surface area (TPSA) is 20.3 Å². The van der Waals surface area contributed by atoms with E-state index in [1.807, 2.05) is 24.0 Å². The van der Waals surface area contributed by atoms with E-state index in [1.54, 1.807) is 22.7 Å². The van der Waals surface area contributed by atoms with Crippen molar-refractivity contribution < 1.29 is 4.79 Å². The number of nitrogens with zero attached hydrogens (tertiary/aromatic N) is 1. The van der Waals surface area contributed by atoms with Crippen LogP contribution in [0.5, 0.6) is 0 Å². The van der Waals surface area contributed by atoms with Crippen LogP contribution in [0.4, 0.5) is 0 Å². The van der Waals surface area contributed by atoms with Crippen LogP contribution in [0.1, 0.15) is 23.1 Å². The van der Waals surface area contributed by atoms with Crippen molar-refractivity contribution in [2.24, 2.45) is 0 Å². The van der Waals surface area contributed by atoms with Gasteiger partial charge in [-0.1, -0.05) is 12.1 Å². The van der Waals surface area contributed by atoms with Crippen LogP contribution in [0.25, 0.3) is 0 Å². The molecule has 96 valence electrons. The van der Waals surface area contributed by atoms with Crippen molar-refractivity contribution in [1.82, 2.24) is 4.90 Å². The summed E-state index contributed by atoms with van der Waals surface area (Å²) < 4.78 is 0. The van der Waals surface area contributed by atoms with Crippen molar-refractivity contribution in [3.05, 3.63) is 44.8 Å². The van der Waals surface area contributed by atoms with E-state index in [4.69, 9.17) is 0 Å². The Morgan fingerprint density at radius 2 is 1.83 bits per heavy atom. The van der Waals surface area contributed by atoms with Gasteiger partial charge in [-0.05, 0) is 36.2 Å². The molecule has 0 N–H and O–H groups in total.